The number of imidazole rings is 1. The molecule has 0 saturated carbocycles. The van der Waals surface area contributed by atoms with Gasteiger partial charge in [0.1, 0.15) is 0 Å². The summed E-state index contributed by atoms with van der Waals surface area (Å²) >= 11 is 1.58. The van der Waals surface area contributed by atoms with E-state index in [1.54, 1.807) is 42.3 Å². The standard InChI is InChI=1S/C14H19N5OS/c1-18(10-11-5-4-6-15-7-11)13(20)16-8-12-9-17-14(21-3)19(12)2/h4-7,9H,8,10H2,1-3H3,(H,16,20). The van der Waals surface area contributed by atoms with E-state index in [2.05, 4.69) is 15.3 Å². The zero-order chi connectivity index (χ0) is 15.2. The third kappa shape index (κ3) is 3.98. The van der Waals surface area contributed by atoms with E-state index in [1.165, 1.54) is 0 Å². The fourth-order valence-corrected chi connectivity index (χ4v) is 2.47. The van der Waals surface area contributed by atoms with Crippen LogP contribution in [0.15, 0.2) is 35.9 Å². The van der Waals surface area contributed by atoms with Crippen LogP contribution in [0, 0.1) is 0 Å². The van der Waals surface area contributed by atoms with Gasteiger partial charge in [-0.3, -0.25) is 4.98 Å². The van der Waals surface area contributed by atoms with Crippen molar-refractivity contribution in [2.75, 3.05) is 13.3 Å². The second kappa shape index (κ2) is 7.12. The van der Waals surface area contributed by atoms with Crippen molar-refractivity contribution in [1.82, 2.24) is 24.8 Å². The molecule has 2 aromatic heterocycles. The Morgan fingerprint density at radius 3 is 2.90 bits per heavy atom. The molecule has 0 aliphatic carbocycles. The number of aromatic nitrogens is 3. The fraction of sp³-hybridized carbons (Fsp3) is 0.357. The number of nitrogens with one attached hydrogen (secondary N) is 1. The molecular weight excluding hydrogens is 286 g/mol. The first-order valence-electron chi connectivity index (χ1n) is 6.54. The van der Waals surface area contributed by atoms with Gasteiger partial charge in [-0.05, 0) is 17.9 Å². The van der Waals surface area contributed by atoms with Crippen molar-refractivity contribution in [3.63, 3.8) is 0 Å². The molecular formula is C14H19N5OS. The Morgan fingerprint density at radius 1 is 1.48 bits per heavy atom. The van der Waals surface area contributed by atoms with Crippen molar-refractivity contribution in [3.8, 4) is 0 Å². The normalized spacial score (nSPS) is 10.4. The Kier molecular flexibility index (Phi) is 5.21. The summed E-state index contributed by atoms with van der Waals surface area (Å²) in [4.78, 5) is 22.0. The van der Waals surface area contributed by atoms with Gasteiger partial charge in [0.2, 0.25) is 0 Å². The van der Waals surface area contributed by atoms with Crippen LogP contribution in [0.25, 0.3) is 0 Å². The number of nitrogens with zero attached hydrogens (tertiary/aromatic N) is 4. The highest BCUT2D eigenvalue weighted by Gasteiger charge is 2.11. The summed E-state index contributed by atoms with van der Waals surface area (Å²) in [5, 5.41) is 3.83. The second-order valence-corrected chi connectivity index (χ2v) is 5.44. The molecule has 0 aromatic carbocycles. The van der Waals surface area contributed by atoms with Crippen LogP contribution in [-0.2, 0) is 20.1 Å². The summed E-state index contributed by atoms with van der Waals surface area (Å²) in [7, 11) is 3.71. The Hall–Kier alpha value is -2.02. The van der Waals surface area contributed by atoms with Gasteiger partial charge < -0.3 is 14.8 Å². The molecule has 2 amide bonds. The number of carbonyl (C=O) groups excluding carboxylic acids is 1. The molecule has 0 spiro atoms. The van der Waals surface area contributed by atoms with E-state index in [1.807, 2.05) is 30.0 Å². The van der Waals surface area contributed by atoms with Crippen LogP contribution in [0.5, 0.6) is 0 Å². The Balaban J connectivity index is 1.87. The number of pyridine rings is 1. The maximum atomic E-state index is 12.1. The van der Waals surface area contributed by atoms with E-state index < -0.39 is 0 Å². The predicted octanol–water partition coefficient (Wildman–Crippen LogP) is 1.88. The van der Waals surface area contributed by atoms with Crippen molar-refractivity contribution >= 4 is 17.8 Å². The van der Waals surface area contributed by atoms with E-state index in [0.29, 0.717) is 13.1 Å². The van der Waals surface area contributed by atoms with Crippen molar-refractivity contribution in [2.24, 2.45) is 7.05 Å². The van der Waals surface area contributed by atoms with E-state index in [9.17, 15) is 4.79 Å². The molecule has 0 unspecified atom stereocenters. The minimum atomic E-state index is -0.120. The highest BCUT2D eigenvalue weighted by Crippen LogP contribution is 2.13. The van der Waals surface area contributed by atoms with E-state index >= 15 is 0 Å². The SMILES string of the molecule is CSc1ncc(CNC(=O)N(C)Cc2cccnc2)n1C. The molecule has 2 rings (SSSR count). The van der Waals surface area contributed by atoms with Gasteiger partial charge in [0, 0.05) is 33.0 Å². The molecule has 0 atom stereocenters. The molecule has 0 aliphatic heterocycles. The van der Waals surface area contributed by atoms with Crippen LogP contribution in [0.4, 0.5) is 4.79 Å². The lowest BCUT2D eigenvalue weighted by Crippen LogP contribution is -2.36. The zero-order valence-electron chi connectivity index (χ0n) is 12.4. The number of thioether (sulfide) groups is 1. The van der Waals surface area contributed by atoms with Gasteiger partial charge in [-0.25, -0.2) is 9.78 Å². The minimum Gasteiger partial charge on any atom is -0.332 e. The van der Waals surface area contributed by atoms with E-state index in [0.717, 1.165) is 16.4 Å². The summed E-state index contributed by atoms with van der Waals surface area (Å²) in [5.41, 5.74) is 1.97. The lowest BCUT2D eigenvalue weighted by molar-refractivity contribution is 0.206. The molecule has 112 valence electrons. The van der Waals surface area contributed by atoms with Gasteiger partial charge in [0.15, 0.2) is 5.16 Å². The van der Waals surface area contributed by atoms with Gasteiger partial charge in [-0.15, -0.1) is 0 Å². The van der Waals surface area contributed by atoms with Gasteiger partial charge >= 0.3 is 6.03 Å². The van der Waals surface area contributed by atoms with Gasteiger partial charge in [0.25, 0.3) is 0 Å². The summed E-state index contributed by atoms with van der Waals surface area (Å²) in [6.45, 7) is 0.987. The second-order valence-electron chi connectivity index (χ2n) is 4.67. The molecule has 2 aromatic rings. The molecule has 0 saturated heterocycles. The highest BCUT2D eigenvalue weighted by atomic mass is 32.2. The molecule has 0 fully saturated rings. The van der Waals surface area contributed by atoms with Gasteiger partial charge in [-0.1, -0.05) is 17.8 Å². The molecule has 0 bridgehead atoms. The number of hydrogen-bond donors (Lipinski definition) is 1. The first kappa shape index (κ1) is 15.4. The lowest BCUT2D eigenvalue weighted by atomic mass is 10.3. The van der Waals surface area contributed by atoms with Gasteiger partial charge in [0.05, 0.1) is 18.4 Å². The number of rotatable bonds is 5. The maximum Gasteiger partial charge on any atom is 0.317 e. The van der Waals surface area contributed by atoms with Crippen molar-refractivity contribution < 1.29 is 4.79 Å². The summed E-state index contributed by atoms with van der Waals surface area (Å²) < 4.78 is 1.98. The summed E-state index contributed by atoms with van der Waals surface area (Å²) in [6.07, 6.45) is 7.24. The monoisotopic (exact) mass is 305 g/mol. The summed E-state index contributed by atoms with van der Waals surface area (Å²) in [6, 6.07) is 3.69. The van der Waals surface area contributed by atoms with Gasteiger partial charge in [-0.2, -0.15) is 0 Å². The summed E-state index contributed by atoms with van der Waals surface area (Å²) in [5.74, 6) is 0. The fourth-order valence-electron chi connectivity index (χ4n) is 1.92. The average Bonchev–Trinajstić information content (AvgIpc) is 2.86. The van der Waals surface area contributed by atoms with Crippen LogP contribution in [0.2, 0.25) is 0 Å². The van der Waals surface area contributed by atoms with Crippen LogP contribution < -0.4 is 5.32 Å². The zero-order valence-corrected chi connectivity index (χ0v) is 13.2. The number of urea groups is 1. The van der Waals surface area contributed by atoms with Crippen LogP contribution in [-0.4, -0.2) is 38.8 Å². The highest BCUT2D eigenvalue weighted by molar-refractivity contribution is 7.98. The molecule has 1 N–H and O–H groups in total. The number of amides is 2. The Labute approximate surface area is 128 Å². The van der Waals surface area contributed by atoms with Crippen molar-refractivity contribution in [1.29, 1.82) is 0 Å². The Bertz CT molecular complexity index is 599. The third-order valence-electron chi connectivity index (χ3n) is 3.13. The number of hydrogen-bond acceptors (Lipinski definition) is 4. The largest absolute Gasteiger partial charge is 0.332 e. The average molecular weight is 305 g/mol. The van der Waals surface area contributed by atoms with E-state index in [4.69, 9.17) is 0 Å². The molecule has 7 heteroatoms. The smallest absolute Gasteiger partial charge is 0.317 e. The lowest BCUT2D eigenvalue weighted by Gasteiger charge is -2.18. The Morgan fingerprint density at radius 2 is 2.29 bits per heavy atom. The van der Waals surface area contributed by atoms with Crippen LogP contribution >= 0.6 is 11.8 Å². The van der Waals surface area contributed by atoms with E-state index in [-0.39, 0.29) is 6.03 Å². The topological polar surface area (TPSA) is 63.1 Å². The quantitative estimate of drug-likeness (QED) is 0.857. The first-order chi connectivity index (χ1) is 10.1. The van der Waals surface area contributed by atoms with Crippen molar-refractivity contribution in [2.45, 2.75) is 18.2 Å². The van der Waals surface area contributed by atoms with Crippen LogP contribution in [0.1, 0.15) is 11.3 Å². The minimum absolute atomic E-state index is 0.120. The van der Waals surface area contributed by atoms with Crippen LogP contribution in [0.3, 0.4) is 0 Å². The van der Waals surface area contributed by atoms with Crippen molar-refractivity contribution in [3.05, 3.63) is 42.0 Å². The molecule has 21 heavy (non-hydrogen) atoms. The maximum absolute atomic E-state index is 12.1. The predicted molar refractivity (Wildman–Crippen MR) is 82.9 cm³/mol. The molecule has 6 nitrogen and oxygen atoms in total. The number of carbonyl (C=O) groups is 1. The first-order valence-corrected chi connectivity index (χ1v) is 7.76. The molecule has 2 heterocycles. The molecule has 0 aliphatic rings. The molecule has 0 radical (unpaired) electrons. The third-order valence-corrected chi connectivity index (χ3v) is 3.88.